The van der Waals surface area contributed by atoms with E-state index < -0.39 is 11.9 Å². The third-order valence-electron chi connectivity index (χ3n) is 2.73. The van der Waals surface area contributed by atoms with Crippen LogP contribution in [0.1, 0.15) is 31.9 Å². The van der Waals surface area contributed by atoms with Crippen LogP contribution in [-0.4, -0.2) is 24.2 Å². The zero-order valence-corrected chi connectivity index (χ0v) is 14.2. The number of hydrogen-bond donors (Lipinski definition) is 3. The molecule has 0 spiro atoms. The van der Waals surface area contributed by atoms with Crippen LogP contribution >= 0.6 is 24.0 Å². The van der Waals surface area contributed by atoms with Crippen molar-refractivity contribution in [1.82, 2.24) is 5.32 Å². The summed E-state index contributed by atoms with van der Waals surface area (Å²) in [6, 6.07) is 6.11. The summed E-state index contributed by atoms with van der Waals surface area (Å²) in [5, 5.41) is 12.8. The Hall–Kier alpha value is -0.890. The van der Waals surface area contributed by atoms with E-state index >= 15 is 0 Å². The number of aliphatic hydroxyl groups excluding tert-OH is 1. The summed E-state index contributed by atoms with van der Waals surface area (Å²) in [5.74, 6) is 0.428. The summed E-state index contributed by atoms with van der Waals surface area (Å²) in [5.41, 5.74) is 5.90. The van der Waals surface area contributed by atoms with Crippen molar-refractivity contribution in [3.63, 3.8) is 0 Å². The van der Waals surface area contributed by atoms with E-state index in [1.807, 2.05) is 0 Å². The largest absolute Gasteiger partial charge is 0.386 e. The van der Waals surface area contributed by atoms with Crippen LogP contribution in [0.3, 0.4) is 0 Å². The van der Waals surface area contributed by atoms with Crippen molar-refractivity contribution in [2.24, 2.45) is 16.6 Å². The number of guanidine groups is 1. The maximum atomic E-state index is 13.4. The molecule has 114 valence electrons. The summed E-state index contributed by atoms with van der Waals surface area (Å²) < 4.78 is 13.4. The molecule has 1 aromatic carbocycles. The van der Waals surface area contributed by atoms with Crippen LogP contribution in [0.5, 0.6) is 0 Å². The Bertz CT molecular complexity index is 427. The first-order valence-electron chi connectivity index (χ1n) is 6.47. The van der Waals surface area contributed by atoms with Gasteiger partial charge >= 0.3 is 0 Å². The minimum absolute atomic E-state index is 0. The van der Waals surface area contributed by atoms with Crippen LogP contribution in [0.25, 0.3) is 0 Å². The highest BCUT2D eigenvalue weighted by molar-refractivity contribution is 14.0. The van der Waals surface area contributed by atoms with Gasteiger partial charge in [-0.25, -0.2) is 4.39 Å². The van der Waals surface area contributed by atoms with Crippen LogP contribution in [0.2, 0.25) is 0 Å². The summed E-state index contributed by atoms with van der Waals surface area (Å²) in [6.07, 6.45) is 0.0122. The van der Waals surface area contributed by atoms with Gasteiger partial charge < -0.3 is 16.2 Å². The van der Waals surface area contributed by atoms with E-state index in [4.69, 9.17) is 5.73 Å². The molecule has 0 aliphatic rings. The monoisotopic (exact) mass is 395 g/mol. The summed E-state index contributed by atoms with van der Waals surface area (Å²) in [7, 11) is 0. The van der Waals surface area contributed by atoms with Gasteiger partial charge in [0, 0.05) is 12.1 Å². The van der Waals surface area contributed by atoms with Crippen molar-refractivity contribution in [3.8, 4) is 0 Å². The smallest absolute Gasteiger partial charge is 0.188 e. The second-order valence-electron chi connectivity index (χ2n) is 4.87. The quantitative estimate of drug-likeness (QED) is 0.394. The number of nitrogens with zero attached hydrogens (tertiary/aromatic N) is 1. The number of nitrogens with two attached hydrogens (primary N) is 1. The molecule has 0 bridgehead atoms. The van der Waals surface area contributed by atoms with Crippen LogP contribution < -0.4 is 11.1 Å². The molecule has 0 aliphatic carbocycles. The Morgan fingerprint density at radius 1 is 1.40 bits per heavy atom. The third kappa shape index (κ3) is 7.04. The number of aliphatic hydroxyl groups is 1. The van der Waals surface area contributed by atoms with Gasteiger partial charge in [0.2, 0.25) is 0 Å². The van der Waals surface area contributed by atoms with E-state index in [9.17, 15) is 9.50 Å². The molecule has 0 saturated carbocycles. The molecule has 1 unspecified atom stereocenters. The topological polar surface area (TPSA) is 70.6 Å². The number of rotatable bonds is 6. The van der Waals surface area contributed by atoms with E-state index in [2.05, 4.69) is 24.2 Å². The normalized spacial score (nSPS) is 12.9. The van der Waals surface area contributed by atoms with E-state index in [0.29, 0.717) is 5.92 Å². The molecule has 20 heavy (non-hydrogen) atoms. The molecule has 4 nitrogen and oxygen atoms in total. The predicted octanol–water partition coefficient (Wildman–Crippen LogP) is 2.43. The highest BCUT2D eigenvalue weighted by Gasteiger charge is 2.11. The average molecular weight is 395 g/mol. The number of benzene rings is 1. The predicted molar refractivity (Wildman–Crippen MR) is 90.7 cm³/mol. The third-order valence-corrected chi connectivity index (χ3v) is 2.73. The molecule has 1 aromatic rings. The standard InChI is InChI=1S/C14H22FN3O.HI/c1-10(2)7-8-17-14(16)18-9-13(19)11-5-3-4-6-12(11)15;/h3-6,10,13,19H,7-9H2,1-2H3,(H3,16,17,18);1H. The zero-order chi connectivity index (χ0) is 14.3. The lowest BCUT2D eigenvalue weighted by Gasteiger charge is -2.11. The second-order valence-corrected chi connectivity index (χ2v) is 4.87. The molecule has 0 radical (unpaired) electrons. The highest BCUT2D eigenvalue weighted by atomic mass is 127. The second kappa shape index (κ2) is 9.93. The molecule has 1 atom stereocenters. The van der Waals surface area contributed by atoms with Crippen molar-refractivity contribution < 1.29 is 9.50 Å². The van der Waals surface area contributed by atoms with Gasteiger partial charge in [0.25, 0.3) is 0 Å². The van der Waals surface area contributed by atoms with Crippen LogP contribution in [0, 0.1) is 11.7 Å². The first kappa shape index (κ1) is 19.1. The van der Waals surface area contributed by atoms with E-state index in [-0.39, 0.29) is 42.0 Å². The van der Waals surface area contributed by atoms with Crippen LogP contribution in [0.4, 0.5) is 4.39 Å². The summed E-state index contributed by atoms with van der Waals surface area (Å²) >= 11 is 0. The molecule has 1 rings (SSSR count). The molecular weight excluding hydrogens is 372 g/mol. The average Bonchev–Trinajstić information content (AvgIpc) is 2.36. The molecule has 0 saturated heterocycles. The van der Waals surface area contributed by atoms with E-state index in [1.165, 1.54) is 12.1 Å². The van der Waals surface area contributed by atoms with Crippen LogP contribution in [0.15, 0.2) is 29.3 Å². The molecule has 0 aromatic heterocycles. The Labute approximate surface area is 136 Å². The molecule has 0 aliphatic heterocycles. The summed E-state index contributed by atoms with van der Waals surface area (Å²) in [4.78, 5) is 4.01. The van der Waals surface area contributed by atoms with Gasteiger partial charge in [-0.2, -0.15) is 0 Å². The first-order valence-corrected chi connectivity index (χ1v) is 6.47. The van der Waals surface area contributed by atoms with Gasteiger partial charge in [0.05, 0.1) is 6.54 Å². The summed E-state index contributed by atoms with van der Waals surface area (Å²) in [6.45, 7) is 5.03. The van der Waals surface area contributed by atoms with Crippen LogP contribution in [-0.2, 0) is 0 Å². The Morgan fingerprint density at radius 2 is 2.05 bits per heavy atom. The fraction of sp³-hybridized carbons (Fsp3) is 0.500. The van der Waals surface area contributed by atoms with Gasteiger partial charge in [-0.15, -0.1) is 24.0 Å². The van der Waals surface area contributed by atoms with E-state index in [0.717, 1.165) is 13.0 Å². The fourth-order valence-electron chi connectivity index (χ4n) is 1.57. The minimum Gasteiger partial charge on any atom is -0.386 e. The number of aliphatic imine (C=N–C) groups is 1. The Morgan fingerprint density at radius 3 is 2.65 bits per heavy atom. The molecule has 0 amide bonds. The van der Waals surface area contributed by atoms with Crippen molar-refractivity contribution in [3.05, 3.63) is 35.6 Å². The lowest BCUT2D eigenvalue weighted by molar-refractivity contribution is 0.182. The number of nitrogens with one attached hydrogen (secondary N) is 1. The van der Waals surface area contributed by atoms with Crippen molar-refractivity contribution >= 4 is 29.9 Å². The molecule has 0 heterocycles. The fourth-order valence-corrected chi connectivity index (χ4v) is 1.57. The Kier molecular flexibility index (Phi) is 9.49. The zero-order valence-electron chi connectivity index (χ0n) is 11.8. The van der Waals surface area contributed by atoms with Crippen molar-refractivity contribution in [2.75, 3.05) is 13.1 Å². The van der Waals surface area contributed by atoms with Gasteiger partial charge in [0.15, 0.2) is 5.96 Å². The molecule has 4 N–H and O–H groups in total. The highest BCUT2D eigenvalue weighted by Crippen LogP contribution is 2.16. The minimum atomic E-state index is -0.980. The van der Waals surface area contributed by atoms with Crippen molar-refractivity contribution in [2.45, 2.75) is 26.4 Å². The molecule has 6 heteroatoms. The number of halogens is 2. The number of hydrogen-bond acceptors (Lipinski definition) is 2. The lowest BCUT2D eigenvalue weighted by atomic mass is 10.1. The van der Waals surface area contributed by atoms with Crippen molar-refractivity contribution in [1.29, 1.82) is 0 Å². The van der Waals surface area contributed by atoms with Gasteiger partial charge in [-0.05, 0) is 18.4 Å². The maximum Gasteiger partial charge on any atom is 0.188 e. The van der Waals surface area contributed by atoms with Gasteiger partial charge in [-0.3, -0.25) is 4.99 Å². The SMILES string of the molecule is CC(C)CCNC(N)=NCC(O)c1ccccc1F.I. The molecular formula is C14H23FIN3O. The van der Waals surface area contributed by atoms with Gasteiger partial charge in [0.1, 0.15) is 11.9 Å². The maximum absolute atomic E-state index is 13.4. The molecule has 0 fully saturated rings. The van der Waals surface area contributed by atoms with E-state index in [1.54, 1.807) is 12.1 Å². The first-order chi connectivity index (χ1) is 9.00. The Balaban J connectivity index is 0.00000361. The lowest BCUT2D eigenvalue weighted by Crippen LogP contribution is -2.33. The van der Waals surface area contributed by atoms with Gasteiger partial charge in [-0.1, -0.05) is 32.0 Å².